The van der Waals surface area contributed by atoms with Gasteiger partial charge in [0.1, 0.15) is 5.38 Å². The largest absolute Gasteiger partial charge is 0.480 e. The first-order chi connectivity index (χ1) is 5.95. The summed E-state index contributed by atoms with van der Waals surface area (Å²) in [5.74, 6) is -1.33. The van der Waals surface area contributed by atoms with Crippen molar-refractivity contribution in [3.05, 3.63) is 12.7 Å². The van der Waals surface area contributed by atoms with E-state index in [1.165, 1.54) is 6.92 Å². The van der Waals surface area contributed by atoms with Crippen LogP contribution < -0.4 is 0 Å². The molecule has 0 radical (unpaired) electrons. The summed E-state index contributed by atoms with van der Waals surface area (Å²) in [5.41, 5.74) is 0. The Morgan fingerprint density at radius 1 is 1.69 bits per heavy atom. The molecule has 1 N–H and O–H groups in total. The number of rotatable bonds is 3. The minimum atomic E-state index is -0.975. The van der Waals surface area contributed by atoms with E-state index in [4.69, 9.17) is 16.7 Å². The number of hydrogen-bond acceptors (Lipinski definition) is 3. The first kappa shape index (κ1) is 14.5. The predicted octanol–water partition coefficient (Wildman–Crippen LogP) is 1.43. The molecule has 0 rings (SSSR count). The molecule has 4 nitrogen and oxygen atoms in total. The zero-order valence-corrected chi connectivity index (χ0v) is 8.37. The highest BCUT2D eigenvalue weighted by Gasteiger charge is 2.02. The number of esters is 1. The summed E-state index contributed by atoms with van der Waals surface area (Å²) in [4.78, 5) is 19.6. The van der Waals surface area contributed by atoms with E-state index in [0.29, 0.717) is 6.61 Å². The average Bonchev–Trinajstić information content (AvgIpc) is 2.05. The molecule has 0 aliphatic heterocycles. The van der Waals surface area contributed by atoms with Gasteiger partial charge in [-0.15, -0.1) is 11.6 Å². The number of carboxylic acids is 1. The number of halogens is 1. The highest BCUT2D eigenvalue weighted by molar-refractivity contribution is 6.29. The Kier molecular flexibility index (Phi) is 10.1. The van der Waals surface area contributed by atoms with Crippen LogP contribution in [0.1, 0.15) is 13.8 Å². The topological polar surface area (TPSA) is 63.6 Å². The lowest BCUT2D eigenvalue weighted by Crippen LogP contribution is -2.06. The van der Waals surface area contributed by atoms with Crippen molar-refractivity contribution in [2.75, 3.05) is 6.61 Å². The molecule has 0 aromatic carbocycles. The second-order valence-corrected chi connectivity index (χ2v) is 2.57. The van der Waals surface area contributed by atoms with Crippen molar-refractivity contribution in [1.29, 1.82) is 0 Å². The fourth-order valence-corrected chi connectivity index (χ4v) is 0.201. The zero-order chi connectivity index (χ0) is 10.9. The Bertz CT molecular complexity index is 177. The maximum atomic E-state index is 10.1. The summed E-state index contributed by atoms with van der Waals surface area (Å²) in [6, 6.07) is 0. The van der Waals surface area contributed by atoms with Crippen molar-refractivity contribution in [2.45, 2.75) is 19.2 Å². The molecular weight excluding hydrogens is 196 g/mol. The van der Waals surface area contributed by atoms with Gasteiger partial charge < -0.3 is 9.84 Å². The molecule has 0 spiro atoms. The quantitative estimate of drug-likeness (QED) is 0.433. The molecule has 0 heterocycles. The third-order valence-electron chi connectivity index (χ3n) is 0.794. The summed E-state index contributed by atoms with van der Waals surface area (Å²) in [6.45, 7) is 6.78. The van der Waals surface area contributed by atoms with Gasteiger partial charge in [-0.1, -0.05) is 6.58 Å². The van der Waals surface area contributed by atoms with Gasteiger partial charge >= 0.3 is 11.9 Å². The molecule has 0 saturated carbocycles. The molecule has 76 valence electrons. The first-order valence-electron chi connectivity index (χ1n) is 3.61. The molecule has 1 unspecified atom stereocenters. The van der Waals surface area contributed by atoms with Gasteiger partial charge in [0, 0.05) is 6.08 Å². The van der Waals surface area contributed by atoms with Crippen molar-refractivity contribution >= 4 is 23.5 Å². The van der Waals surface area contributed by atoms with Crippen LogP contribution in [0, 0.1) is 0 Å². The Balaban J connectivity index is 0. The summed E-state index contributed by atoms with van der Waals surface area (Å²) >= 11 is 5.01. The van der Waals surface area contributed by atoms with Gasteiger partial charge in [-0.25, -0.2) is 4.79 Å². The molecule has 0 aromatic heterocycles. The normalized spacial score (nSPS) is 10.4. The maximum absolute atomic E-state index is 10.1. The number of carbonyl (C=O) groups excluding carboxylic acids is 1. The van der Waals surface area contributed by atoms with Crippen LogP contribution in [-0.2, 0) is 14.3 Å². The average molecular weight is 209 g/mol. The monoisotopic (exact) mass is 208 g/mol. The van der Waals surface area contributed by atoms with Gasteiger partial charge in [-0.2, -0.15) is 0 Å². The summed E-state index contributed by atoms with van der Waals surface area (Å²) < 4.78 is 4.43. The smallest absolute Gasteiger partial charge is 0.330 e. The molecule has 0 bridgehead atoms. The summed E-state index contributed by atoms with van der Waals surface area (Å²) in [6.07, 6.45) is 1.14. The van der Waals surface area contributed by atoms with Crippen molar-refractivity contribution in [1.82, 2.24) is 0 Å². The van der Waals surface area contributed by atoms with Crippen LogP contribution >= 0.6 is 11.6 Å². The van der Waals surface area contributed by atoms with Gasteiger partial charge in [0.15, 0.2) is 0 Å². The molecule has 0 saturated heterocycles. The maximum Gasteiger partial charge on any atom is 0.330 e. The number of hydrogen-bond donors (Lipinski definition) is 1. The van der Waals surface area contributed by atoms with E-state index in [0.717, 1.165) is 6.08 Å². The summed E-state index contributed by atoms with van der Waals surface area (Å²) in [7, 11) is 0. The predicted molar refractivity (Wildman–Crippen MR) is 49.8 cm³/mol. The molecule has 0 aromatic rings. The van der Waals surface area contributed by atoms with E-state index in [9.17, 15) is 9.59 Å². The minimum Gasteiger partial charge on any atom is -0.480 e. The summed E-state index contributed by atoms with van der Waals surface area (Å²) in [5, 5.41) is 7.10. The SMILES string of the molecule is C=CC(=O)OCC.CC(Cl)C(=O)O. The molecule has 5 heteroatoms. The van der Waals surface area contributed by atoms with E-state index in [1.807, 2.05) is 0 Å². The lowest BCUT2D eigenvalue weighted by molar-refractivity contribution is -0.137. The van der Waals surface area contributed by atoms with Crippen molar-refractivity contribution in [3.8, 4) is 0 Å². The fourth-order valence-electron chi connectivity index (χ4n) is 0.201. The molecule has 13 heavy (non-hydrogen) atoms. The van der Waals surface area contributed by atoms with E-state index in [2.05, 4.69) is 11.3 Å². The molecular formula is C8H13ClO4. The lowest BCUT2D eigenvalue weighted by Gasteiger charge is -1.90. The van der Waals surface area contributed by atoms with E-state index < -0.39 is 11.3 Å². The number of carboxylic acid groups (broad SMARTS) is 1. The fraction of sp³-hybridized carbons (Fsp3) is 0.500. The van der Waals surface area contributed by atoms with E-state index in [-0.39, 0.29) is 5.97 Å². The van der Waals surface area contributed by atoms with Crippen LogP contribution in [0.3, 0.4) is 0 Å². The second kappa shape index (κ2) is 9.06. The van der Waals surface area contributed by atoms with Crippen LogP contribution in [0.2, 0.25) is 0 Å². The van der Waals surface area contributed by atoms with Crippen LogP contribution in [0.15, 0.2) is 12.7 Å². The van der Waals surface area contributed by atoms with Gasteiger partial charge in [0.2, 0.25) is 0 Å². The first-order valence-corrected chi connectivity index (χ1v) is 4.05. The number of ether oxygens (including phenoxy) is 1. The van der Waals surface area contributed by atoms with Crippen LogP contribution in [0.25, 0.3) is 0 Å². The van der Waals surface area contributed by atoms with Gasteiger partial charge in [-0.05, 0) is 13.8 Å². The van der Waals surface area contributed by atoms with Crippen LogP contribution in [-0.4, -0.2) is 29.0 Å². The van der Waals surface area contributed by atoms with Gasteiger partial charge in [0.05, 0.1) is 6.61 Å². The van der Waals surface area contributed by atoms with E-state index in [1.54, 1.807) is 6.92 Å². The second-order valence-electron chi connectivity index (χ2n) is 1.91. The highest BCUT2D eigenvalue weighted by Crippen LogP contribution is 1.89. The lowest BCUT2D eigenvalue weighted by atomic mass is 10.5. The molecule has 1 atom stereocenters. The van der Waals surface area contributed by atoms with Gasteiger partial charge in [-0.3, -0.25) is 4.79 Å². The third kappa shape index (κ3) is 13.9. The number of carbonyl (C=O) groups is 2. The Morgan fingerprint density at radius 2 is 2.08 bits per heavy atom. The van der Waals surface area contributed by atoms with Crippen LogP contribution in [0.4, 0.5) is 0 Å². The molecule has 0 aliphatic rings. The molecule has 0 aliphatic carbocycles. The highest BCUT2D eigenvalue weighted by atomic mass is 35.5. The standard InChI is InChI=1S/C5H8O2.C3H5ClO2/c1-3-5(6)7-4-2;1-2(4)3(5)6/h3H,1,4H2,2H3;2H,1H3,(H,5,6). The Hall–Kier alpha value is -1.03. The van der Waals surface area contributed by atoms with Crippen molar-refractivity contribution in [2.24, 2.45) is 0 Å². The minimum absolute atomic E-state index is 0.359. The number of aliphatic carboxylic acids is 1. The molecule has 0 fully saturated rings. The van der Waals surface area contributed by atoms with Crippen LogP contribution in [0.5, 0.6) is 0 Å². The molecule has 0 amide bonds. The third-order valence-corrected chi connectivity index (χ3v) is 0.980. The van der Waals surface area contributed by atoms with E-state index >= 15 is 0 Å². The van der Waals surface area contributed by atoms with Gasteiger partial charge in [0.25, 0.3) is 0 Å². The Labute approximate surface area is 82.1 Å². The number of alkyl halides is 1. The van der Waals surface area contributed by atoms with Crippen molar-refractivity contribution < 1.29 is 19.4 Å². The van der Waals surface area contributed by atoms with Crippen molar-refractivity contribution in [3.63, 3.8) is 0 Å². The Morgan fingerprint density at radius 3 is 2.15 bits per heavy atom. The zero-order valence-electron chi connectivity index (χ0n) is 7.62.